The van der Waals surface area contributed by atoms with Gasteiger partial charge < -0.3 is 41.1 Å². The number of aliphatic carboxylic acids is 2. The van der Waals surface area contributed by atoms with Gasteiger partial charge in [-0.3, -0.25) is 24.7 Å². The zero-order valence-electron chi connectivity index (χ0n) is 18.4. The Morgan fingerprint density at radius 2 is 1.94 bits per heavy atom. The summed E-state index contributed by atoms with van der Waals surface area (Å²) < 4.78 is 0. The molecule has 1 aromatic carbocycles. The Balaban J connectivity index is 0.00000432. The molecule has 14 nitrogen and oxygen atoms in total. The van der Waals surface area contributed by atoms with Gasteiger partial charge in [0.15, 0.2) is 11.9 Å². The van der Waals surface area contributed by atoms with Gasteiger partial charge in [0.25, 0.3) is 11.8 Å². The van der Waals surface area contributed by atoms with Crippen LogP contribution in [-0.2, 0) is 19.2 Å². The summed E-state index contributed by atoms with van der Waals surface area (Å²) in [7, 11) is 0. The van der Waals surface area contributed by atoms with Crippen molar-refractivity contribution in [2.24, 2.45) is 15.7 Å². The van der Waals surface area contributed by atoms with E-state index in [9.17, 15) is 34.2 Å². The number of carboxylic acids is 2. The number of hydrogen-bond acceptors (Lipinski definition) is 11. The van der Waals surface area contributed by atoms with Gasteiger partial charge in [-0.25, -0.2) is 0 Å². The number of fused-ring (bicyclic) bond motifs is 1. The van der Waals surface area contributed by atoms with E-state index in [1.807, 2.05) is 0 Å². The van der Waals surface area contributed by atoms with Gasteiger partial charge in [-0.05, 0) is 37.1 Å². The van der Waals surface area contributed by atoms with E-state index in [0.717, 1.165) is 0 Å². The van der Waals surface area contributed by atoms with E-state index in [2.05, 4.69) is 25.9 Å². The average molecular weight is 512 g/mol. The molecular formula is C20H21CaN7O7. The summed E-state index contributed by atoms with van der Waals surface area (Å²) in [5.74, 6) is -4.20. The molecule has 35 heavy (non-hydrogen) atoms. The molecule has 15 heteroatoms. The smallest absolute Gasteiger partial charge is 0.550 e. The summed E-state index contributed by atoms with van der Waals surface area (Å²) in [5, 5.41) is 29.3. The molecule has 0 radical (unpaired) electrons. The molecule has 0 bridgehead atoms. The monoisotopic (exact) mass is 511 g/mol. The first kappa shape index (κ1) is 28.0. The van der Waals surface area contributed by atoms with E-state index in [1.165, 1.54) is 17.0 Å². The van der Waals surface area contributed by atoms with Crippen LogP contribution in [0.2, 0.25) is 0 Å². The number of aliphatic imine (C=N–C) groups is 2. The number of hydrogen-bond donors (Lipinski definition) is 4. The number of nitrogens with one attached hydrogen (secondary N) is 3. The normalized spacial score (nSPS) is 19.5. The van der Waals surface area contributed by atoms with Crippen molar-refractivity contribution in [3.8, 4) is 0 Å². The molecular weight excluding hydrogens is 490 g/mol. The van der Waals surface area contributed by atoms with Gasteiger partial charge in [0.1, 0.15) is 0 Å². The minimum absolute atomic E-state index is 0. The van der Waals surface area contributed by atoms with Gasteiger partial charge in [0.05, 0.1) is 24.6 Å². The van der Waals surface area contributed by atoms with Crippen molar-refractivity contribution in [3.05, 3.63) is 29.8 Å². The topological polar surface area (TPSA) is 222 Å². The van der Waals surface area contributed by atoms with E-state index in [-0.39, 0.29) is 74.6 Å². The van der Waals surface area contributed by atoms with Crippen LogP contribution in [0.25, 0.3) is 0 Å². The summed E-state index contributed by atoms with van der Waals surface area (Å²) in [6, 6.07) is 3.07. The molecule has 3 rings (SSSR count). The van der Waals surface area contributed by atoms with Crippen LogP contribution in [-0.4, -0.2) is 116 Å². The van der Waals surface area contributed by atoms with E-state index in [0.29, 0.717) is 12.1 Å². The van der Waals surface area contributed by atoms with Crippen LogP contribution in [0.1, 0.15) is 23.2 Å². The largest absolute Gasteiger partial charge is 2.00 e. The number of carbonyl (C=O) groups is 5. The van der Waals surface area contributed by atoms with Crippen molar-refractivity contribution in [2.75, 3.05) is 18.4 Å². The van der Waals surface area contributed by atoms with Gasteiger partial charge in [0.2, 0.25) is 12.4 Å². The summed E-state index contributed by atoms with van der Waals surface area (Å²) in [6.07, 6.45) is -0.371. The van der Waals surface area contributed by atoms with Gasteiger partial charge in [-0.15, -0.1) is 0 Å². The number of carbonyl (C=O) groups excluding carboxylic acids is 5. The fourth-order valence-corrected chi connectivity index (χ4v) is 3.46. The molecule has 2 aliphatic rings. The number of rotatable bonds is 10. The molecule has 180 valence electrons. The van der Waals surface area contributed by atoms with E-state index in [4.69, 9.17) is 5.73 Å². The molecule has 0 spiro atoms. The Morgan fingerprint density at radius 1 is 1.26 bits per heavy atom. The second kappa shape index (κ2) is 12.5. The summed E-state index contributed by atoms with van der Waals surface area (Å²) in [4.78, 5) is 67.3. The number of amidine groups is 1. The molecule has 1 unspecified atom stereocenters. The van der Waals surface area contributed by atoms with E-state index < -0.39 is 48.3 Å². The quantitative estimate of drug-likeness (QED) is 0.174. The molecule has 0 fully saturated rings. The third-order valence-electron chi connectivity index (χ3n) is 5.20. The van der Waals surface area contributed by atoms with Gasteiger partial charge in [-0.2, -0.15) is 4.99 Å². The van der Waals surface area contributed by atoms with Crippen LogP contribution >= 0.6 is 0 Å². The maximum Gasteiger partial charge on any atom is 2.00 e. The third kappa shape index (κ3) is 7.13. The SMILES string of the molecule is NC1=NC2=NC[C@H](CNc3ccc(C(=O)N[C@@H](CCC(=O)[O-])C(=O)[O-])cc3)N(C=O)C2C(=O)N1.[Ca+2]. The van der Waals surface area contributed by atoms with Crippen molar-refractivity contribution in [1.29, 1.82) is 0 Å². The second-order valence-electron chi connectivity index (χ2n) is 7.51. The predicted molar refractivity (Wildman–Crippen MR) is 119 cm³/mol. The van der Waals surface area contributed by atoms with Crippen LogP contribution in [0, 0.1) is 0 Å². The first-order valence-electron chi connectivity index (χ1n) is 10.2. The van der Waals surface area contributed by atoms with E-state index in [1.54, 1.807) is 12.1 Å². The molecule has 0 saturated heterocycles. The number of guanidine groups is 1. The zero-order chi connectivity index (χ0) is 24.8. The molecule has 1 aromatic rings. The van der Waals surface area contributed by atoms with Crippen molar-refractivity contribution >= 4 is 85.4 Å². The van der Waals surface area contributed by atoms with Gasteiger partial charge in [0, 0.05) is 23.8 Å². The Bertz CT molecular complexity index is 1060. The fraction of sp³-hybridized carbons (Fsp3) is 0.350. The van der Waals surface area contributed by atoms with E-state index >= 15 is 0 Å². The van der Waals surface area contributed by atoms with Crippen LogP contribution in [0.15, 0.2) is 34.3 Å². The van der Waals surface area contributed by atoms with Crippen molar-refractivity contribution in [2.45, 2.75) is 31.0 Å². The molecule has 0 aliphatic carbocycles. The molecule has 3 atom stereocenters. The average Bonchev–Trinajstić information content (AvgIpc) is 2.79. The fourth-order valence-electron chi connectivity index (χ4n) is 3.46. The van der Waals surface area contributed by atoms with Crippen LogP contribution in [0.3, 0.4) is 0 Å². The Labute approximate surface area is 229 Å². The maximum atomic E-state index is 12.3. The van der Waals surface area contributed by atoms with Gasteiger partial charge >= 0.3 is 37.7 Å². The molecule has 0 saturated carbocycles. The first-order valence-corrected chi connectivity index (χ1v) is 10.2. The number of nitrogens with zero attached hydrogens (tertiary/aromatic N) is 3. The third-order valence-corrected chi connectivity index (χ3v) is 5.20. The Kier molecular flexibility index (Phi) is 9.98. The molecule has 0 aromatic heterocycles. The summed E-state index contributed by atoms with van der Waals surface area (Å²) >= 11 is 0. The minimum atomic E-state index is -1.61. The number of carboxylic acid groups (broad SMARTS) is 2. The number of anilines is 1. The minimum Gasteiger partial charge on any atom is -0.550 e. The molecule has 5 N–H and O–H groups in total. The van der Waals surface area contributed by atoms with Crippen LogP contribution in [0.4, 0.5) is 5.69 Å². The predicted octanol–water partition coefficient (Wildman–Crippen LogP) is -4.85. The summed E-state index contributed by atoms with van der Waals surface area (Å²) in [6.45, 7) is 0.429. The summed E-state index contributed by atoms with van der Waals surface area (Å²) in [5.41, 5.74) is 6.25. The molecule has 2 aliphatic heterocycles. The van der Waals surface area contributed by atoms with Crippen molar-refractivity contribution < 1.29 is 34.2 Å². The maximum absolute atomic E-state index is 12.3. The number of benzene rings is 1. The standard InChI is InChI=1S/C20H23N7O7.Ca/c21-20-25-16-15(18(32)26-20)27(9-28)12(8-23-16)7-22-11-3-1-10(2-4-11)17(31)24-13(19(33)34)5-6-14(29)30;/h1-4,9,12-13,15,22H,5-8H2,(H,24,31)(H,29,30)(H,33,34)(H3,21,23,25,26,32);/q;+2/p-2/t12-,13-,15?;/m0./s1. The number of amides is 3. The Morgan fingerprint density at radius 3 is 2.54 bits per heavy atom. The Hall–Kier alpha value is -3.23. The van der Waals surface area contributed by atoms with Crippen molar-refractivity contribution in [3.63, 3.8) is 0 Å². The van der Waals surface area contributed by atoms with Crippen LogP contribution < -0.4 is 31.9 Å². The molecule has 3 amide bonds. The van der Waals surface area contributed by atoms with Crippen molar-refractivity contribution in [1.82, 2.24) is 15.5 Å². The zero-order valence-corrected chi connectivity index (χ0v) is 20.6. The first-order chi connectivity index (χ1) is 16.2. The second-order valence-corrected chi connectivity index (χ2v) is 7.51. The van der Waals surface area contributed by atoms with Gasteiger partial charge in [-0.1, -0.05) is 0 Å². The molecule has 2 heterocycles. The van der Waals surface area contributed by atoms with Crippen LogP contribution in [0.5, 0.6) is 0 Å². The number of nitrogens with two attached hydrogens (primary N) is 1.